The number of rotatable bonds is 2. The molecule has 1 aliphatic heterocycles. The fourth-order valence-electron chi connectivity index (χ4n) is 11.2. The third-order valence-electron chi connectivity index (χ3n) is 13.3. The van der Waals surface area contributed by atoms with E-state index in [1.807, 2.05) is 0 Å². The van der Waals surface area contributed by atoms with Crippen LogP contribution in [0.15, 0.2) is 11.1 Å². The van der Waals surface area contributed by atoms with Gasteiger partial charge in [0.05, 0.1) is 12.7 Å². The van der Waals surface area contributed by atoms with E-state index < -0.39 is 0 Å². The second kappa shape index (κ2) is 6.54. The first kappa shape index (κ1) is 23.2. The molecule has 3 nitrogen and oxygen atoms in total. The molecule has 2 N–H and O–H groups in total. The van der Waals surface area contributed by atoms with E-state index in [1.54, 1.807) is 0 Å². The van der Waals surface area contributed by atoms with Crippen molar-refractivity contribution >= 4 is 14.4 Å². The molecule has 0 aromatic rings. The summed E-state index contributed by atoms with van der Waals surface area (Å²) in [7, 11) is 0.920. The van der Waals surface area contributed by atoms with Gasteiger partial charge in [-0.05, 0) is 90.9 Å². The first-order chi connectivity index (χ1) is 15.4. The Morgan fingerprint density at radius 3 is 2.30 bits per heavy atom. The summed E-state index contributed by atoms with van der Waals surface area (Å²) in [5, 5.41) is 22.1. The minimum Gasteiger partial charge on any atom is -0.395 e. The number of aliphatic hydroxyl groups excluding tert-OH is 2. The molecule has 0 radical (unpaired) electrons. The van der Waals surface area contributed by atoms with Crippen LogP contribution in [0.5, 0.6) is 0 Å². The van der Waals surface area contributed by atoms with Gasteiger partial charge in [0.15, 0.2) is 5.78 Å². The predicted octanol–water partition coefficient (Wildman–Crippen LogP) is 5.87. The van der Waals surface area contributed by atoms with Crippen molar-refractivity contribution in [1.29, 1.82) is 0 Å². The summed E-state index contributed by atoms with van der Waals surface area (Å²) in [6, 6.07) is 0. The van der Waals surface area contributed by atoms with E-state index in [1.165, 1.54) is 37.7 Å². The van der Waals surface area contributed by atoms with Gasteiger partial charge in [-0.25, -0.2) is 0 Å². The summed E-state index contributed by atoms with van der Waals surface area (Å²) < 4.78 is 0. The van der Waals surface area contributed by atoms with E-state index in [0.717, 1.165) is 33.4 Å². The number of carbonyl (C=O) groups is 1. The Balaban J connectivity index is 1.46. The maximum absolute atomic E-state index is 13.2. The number of allylic oxidation sites excluding steroid dienone is 1. The Morgan fingerprint density at radius 2 is 1.64 bits per heavy atom. The zero-order chi connectivity index (χ0) is 23.8. The highest BCUT2D eigenvalue weighted by atomic mass is 31.1. The van der Waals surface area contributed by atoms with Gasteiger partial charge in [0.25, 0.3) is 0 Å². The van der Waals surface area contributed by atoms with Crippen molar-refractivity contribution < 1.29 is 15.0 Å². The van der Waals surface area contributed by atoms with Gasteiger partial charge in [-0.2, -0.15) is 0 Å². The van der Waals surface area contributed by atoms with Crippen molar-refractivity contribution in [1.82, 2.24) is 0 Å². The van der Waals surface area contributed by atoms with E-state index in [-0.39, 0.29) is 40.0 Å². The molecule has 5 fully saturated rings. The molecule has 1 heterocycles. The van der Waals surface area contributed by atoms with Crippen molar-refractivity contribution in [3.8, 4) is 0 Å². The van der Waals surface area contributed by atoms with Crippen molar-refractivity contribution in [3.63, 3.8) is 0 Å². The number of hydrogen-bond acceptors (Lipinski definition) is 3. The molecular formula is C29H45O3P. The van der Waals surface area contributed by atoms with Crippen LogP contribution in [-0.4, -0.2) is 39.0 Å². The van der Waals surface area contributed by atoms with Gasteiger partial charge in [0.1, 0.15) is 0 Å². The minimum atomic E-state index is -0.282. The largest absolute Gasteiger partial charge is 0.395 e. The van der Waals surface area contributed by atoms with E-state index in [0.29, 0.717) is 34.6 Å². The Hall–Kier alpha value is -0.240. The standard InChI is InChI=1S/C29H45O3P/c1-17(2)22-19(31)15-28(16-30)13-11-24(3)18(23(22)28)7-8-20-25(24,4)12-14-29-26(20,5)10-9-21(32)27(29,6)33-29/h17-18,20-21,30,32-33H,7-16H2,1-6H3/t18-,20+,21+,24-,25-,26-,27-,28+,29+/m1/s1. The van der Waals surface area contributed by atoms with E-state index >= 15 is 0 Å². The molecular weight excluding hydrogens is 427 g/mol. The monoisotopic (exact) mass is 472 g/mol. The summed E-state index contributed by atoms with van der Waals surface area (Å²) >= 11 is 0. The van der Waals surface area contributed by atoms with Gasteiger partial charge in [-0.15, -0.1) is 8.58 Å². The number of hydrogen-bond donors (Lipinski definition) is 2. The molecule has 6 aliphatic rings. The summed E-state index contributed by atoms with van der Waals surface area (Å²) in [4.78, 5) is 13.2. The van der Waals surface area contributed by atoms with Crippen molar-refractivity contribution in [2.75, 3.05) is 6.61 Å². The lowest BCUT2D eigenvalue weighted by Crippen LogP contribution is -2.66. The van der Waals surface area contributed by atoms with Crippen LogP contribution in [0, 0.1) is 39.4 Å². The number of Topliss-reactive ketones (excluding diaryl/α,β-unsaturated/α-hetero) is 1. The smallest absolute Gasteiger partial charge is 0.160 e. The highest BCUT2D eigenvalue weighted by molar-refractivity contribution is 7.52. The first-order valence-electron chi connectivity index (χ1n) is 13.7. The van der Waals surface area contributed by atoms with Crippen LogP contribution in [0.3, 0.4) is 0 Å². The topological polar surface area (TPSA) is 57.5 Å². The van der Waals surface area contributed by atoms with Crippen molar-refractivity contribution in [3.05, 3.63) is 11.1 Å². The van der Waals surface area contributed by atoms with Crippen LogP contribution in [0.25, 0.3) is 0 Å². The number of carbonyl (C=O) groups excluding carboxylic acids is 1. The molecule has 1 unspecified atom stereocenters. The van der Waals surface area contributed by atoms with E-state index in [9.17, 15) is 15.0 Å². The second-order valence-corrected chi connectivity index (χ2v) is 16.4. The average Bonchev–Trinajstić information content (AvgIpc) is 3.29. The predicted molar refractivity (Wildman–Crippen MR) is 135 cm³/mol. The van der Waals surface area contributed by atoms with Gasteiger partial charge in [0, 0.05) is 22.1 Å². The fourth-order valence-corrected chi connectivity index (χ4v) is 13.8. The zero-order valence-electron chi connectivity index (χ0n) is 21.7. The lowest BCUT2D eigenvalue weighted by molar-refractivity contribution is -0.189. The maximum Gasteiger partial charge on any atom is 0.160 e. The summed E-state index contributed by atoms with van der Waals surface area (Å²) in [6.07, 6.45) is 9.64. The van der Waals surface area contributed by atoms with Gasteiger partial charge >= 0.3 is 0 Å². The van der Waals surface area contributed by atoms with Gasteiger partial charge in [-0.1, -0.05) is 47.1 Å². The third kappa shape index (κ3) is 2.33. The molecule has 4 heteroatoms. The molecule has 5 aliphatic carbocycles. The number of ketones is 1. The average molecular weight is 473 g/mol. The first-order valence-corrected chi connectivity index (χ1v) is 14.7. The van der Waals surface area contributed by atoms with Gasteiger partial charge in [-0.3, -0.25) is 4.79 Å². The highest BCUT2D eigenvalue weighted by Gasteiger charge is 2.81. The molecule has 6 rings (SSSR count). The van der Waals surface area contributed by atoms with Crippen LogP contribution in [-0.2, 0) is 4.79 Å². The molecule has 0 aromatic carbocycles. The number of aliphatic hydroxyl groups is 2. The van der Waals surface area contributed by atoms with E-state index in [4.69, 9.17) is 0 Å². The second-order valence-electron chi connectivity index (χ2n) is 14.2. The Labute approximate surface area is 202 Å². The summed E-state index contributed by atoms with van der Waals surface area (Å²) in [5.74, 6) is 1.69. The lowest BCUT2D eigenvalue weighted by atomic mass is 9.34. The fraction of sp³-hybridized carbons (Fsp3) is 0.897. The van der Waals surface area contributed by atoms with Crippen LogP contribution in [0.1, 0.15) is 99.3 Å². The van der Waals surface area contributed by atoms with Crippen molar-refractivity contribution in [2.45, 2.75) is 116 Å². The molecule has 0 amide bonds. The molecule has 1 spiro atoms. The molecule has 1 saturated heterocycles. The Bertz CT molecular complexity index is 957. The highest BCUT2D eigenvalue weighted by Crippen LogP contribution is 2.89. The van der Waals surface area contributed by atoms with Crippen LogP contribution < -0.4 is 0 Å². The summed E-state index contributed by atoms with van der Waals surface area (Å²) in [6.45, 7) is 14.7. The maximum atomic E-state index is 13.2. The normalized spacial score (nSPS) is 58.0. The van der Waals surface area contributed by atoms with Crippen LogP contribution >= 0.6 is 8.58 Å². The lowest BCUT2D eigenvalue weighted by Gasteiger charge is -2.71. The Kier molecular flexibility index (Phi) is 4.60. The number of fused-ring (bicyclic) bond motifs is 6. The molecule has 10 atom stereocenters. The third-order valence-corrected chi connectivity index (χ3v) is 16.1. The molecule has 0 bridgehead atoms. The SMILES string of the molecule is CC(C)C1=C2[C@H]3CC[C@@H]4[C@@]5(C)CC[C@H](O)[C@@]6(C)P[C@@]56CC[C@@]4(C)[C@]3(C)CC[C@@]2(CO)CC1=O. The molecule has 0 aromatic heterocycles. The summed E-state index contributed by atoms with van der Waals surface area (Å²) in [5.41, 5.74) is 2.96. The van der Waals surface area contributed by atoms with Gasteiger partial charge < -0.3 is 10.2 Å². The molecule has 4 saturated carbocycles. The van der Waals surface area contributed by atoms with Crippen molar-refractivity contribution in [2.24, 2.45) is 39.4 Å². The Morgan fingerprint density at radius 1 is 0.939 bits per heavy atom. The minimum absolute atomic E-state index is 0.108. The quantitative estimate of drug-likeness (QED) is 0.495. The molecule has 33 heavy (non-hydrogen) atoms. The van der Waals surface area contributed by atoms with E-state index in [2.05, 4.69) is 41.5 Å². The zero-order valence-corrected chi connectivity index (χ0v) is 22.7. The van der Waals surface area contributed by atoms with Crippen LogP contribution in [0.2, 0.25) is 0 Å². The van der Waals surface area contributed by atoms with Crippen LogP contribution in [0.4, 0.5) is 0 Å². The molecule has 184 valence electrons. The van der Waals surface area contributed by atoms with Gasteiger partial charge in [0.2, 0.25) is 0 Å².